The molecule has 1 rings (SSSR count). The SMILES string of the molecule is CC(C)[C@H](NC(=O)[C@H](CC(=O)O)NC(=O)C(NC(=O)[C@H](CCCCNC(=O)CCN)NC(=O)[C@H](CCCCN)NC(=O)[C@@H](N)Cc1ccc(O)cc1)[C@H](C)O)C(=O)O. The van der Waals surface area contributed by atoms with Crippen LogP contribution >= 0.6 is 0 Å². The first-order chi connectivity index (χ1) is 27.3. The number of benzene rings is 1. The Labute approximate surface area is 337 Å². The number of aromatic hydroxyl groups is 1. The first-order valence-electron chi connectivity index (χ1n) is 19.2. The van der Waals surface area contributed by atoms with Crippen LogP contribution in [-0.2, 0) is 44.8 Å². The van der Waals surface area contributed by atoms with E-state index in [-0.39, 0.29) is 56.9 Å². The Hall–Kier alpha value is -5.38. The van der Waals surface area contributed by atoms with Gasteiger partial charge in [0.25, 0.3) is 0 Å². The van der Waals surface area contributed by atoms with Crippen molar-refractivity contribution >= 4 is 47.4 Å². The summed E-state index contributed by atoms with van der Waals surface area (Å²) < 4.78 is 0. The Morgan fingerprint density at radius 3 is 1.69 bits per heavy atom. The Morgan fingerprint density at radius 2 is 1.17 bits per heavy atom. The molecule has 21 heteroatoms. The van der Waals surface area contributed by atoms with Gasteiger partial charge >= 0.3 is 11.9 Å². The molecule has 21 nitrogen and oxygen atoms in total. The van der Waals surface area contributed by atoms with Crippen molar-refractivity contribution in [3.8, 4) is 5.75 Å². The van der Waals surface area contributed by atoms with E-state index in [1.807, 2.05) is 0 Å². The number of hydrogen-bond donors (Lipinski definition) is 13. The highest BCUT2D eigenvalue weighted by molar-refractivity contribution is 5.97. The van der Waals surface area contributed by atoms with Crippen molar-refractivity contribution in [3.63, 3.8) is 0 Å². The van der Waals surface area contributed by atoms with Gasteiger partial charge in [-0.25, -0.2) is 4.79 Å². The van der Waals surface area contributed by atoms with E-state index >= 15 is 0 Å². The summed E-state index contributed by atoms with van der Waals surface area (Å²) in [7, 11) is 0. The van der Waals surface area contributed by atoms with Crippen LogP contribution in [-0.4, -0.2) is 130 Å². The Kier molecular flexibility index (Phi) is 23.2. The second-order valence-corrected chi connectivity index (χ2v) is 14.2. The number of carboxylic acid groups (broad SMARTS) is 2. The van der Waals surface area contributed by atoms with Crippen LogP contribution in [0, 0.1) is 5.92 Å². The van der Waals surface area contributed by atoms with E-state index in [1.165, 1.54) is 26.0 Å². The third kappa shape index (κ3) is 19.2. The van der Waals surface area contributed by atoms with E-state index in [2.05, 4.69) is 31.9 Å². The predicted octanol–water partition coefficient (Wildman–Crippen LogP) is -2.95. The molecule has 0 bridgehead atoms. The number of hydrogen-bond acceptors (Lipinski definition) is 13. The predicted molar refractivity (Wildman–Crippen MR) is 209 cm³/mol. The molecule has 6 amide bonds. The molecule has 326 valence electrons. The van der Waals surface area contributed by atoms with Crippen molar-refractivity contribution in [2.24, 2.45) is 23.1 Å². The van der Waals surface area contributed by atoms with Gasteiger partial charge in [0.1, 0.15) is 36.0 Å². The van der Waals surface area contributed by atoms with Gasteiger partial charge in [-0.15, -0.1) is 0 Å². The molecule has 0 aliphatic rings. The van der Waals surface area contributed by atoms with E-state index in [4.69, 9.17) is 17.2 Å². The Bertz CT molecular complexity index is 1530. The molecule has 0 aliphatic carbocycles. The number of carbonyl (C=O) groups excluding carboxylic acids is 6. The molecule has 0 aromatic heterocycles. The molecular formula is C37H61N9O12. The second kappa shape index (κ2) is 26.5. The van der Waals surface area contributed by atoms with Gasteiger partial charge in [-0.05, 0) is 82.0 Å². The molecule has 58 heavy (non-hydrogen) atoms. The lowest BCUT2D eigenvalue weighted by Gasteiger charge is -2.28. The fraction of sp³-hybridized carbons (Fsp3) is 0.622. The summed E-state index contributed by atoms with van der Waals surface area (Å²) in [5, 5.41) is 53.6. The summed E-state index contributed by atoms with van der Waals surface area (Å²) in [5.74, 6) is -8.56. The number of carbonyl (C=O) groups is 8. The lowest BCUT2D eigenvalue weighted by Crippen LogP contribution is -2.61. The first kappa shape index (κ1) is 50.6. The third-order valence-electron chi connectivity index (χ3n) is 8.86. The molecule has 7 atom stereocenters. The first-order valence-corrected chi connectivity index (χ1v) is 19.2. The van der Waals surface area contributed by atoms with Crippen LogP contribution in [0.2, 0.25) is 0 Å². The normalized spacial score (nSPS) is 14.7. The number of rotatable bonds is 28. The third-order valence-corrected chi connectivity index (χ3v) is 8.86. The van der Waals surface area contributed by atoms with E-state index in [0.717, 1.165) is 6.92 Å². The molecule has 0 aliphatic heterocycles. The van der Waals surface area contributed by atoms with Crippen molar-refractivity contribution in [3.05, 3.63) is 29.8 Å². The molecule has 0 saturated heterocycles. The number of phenols is 1. The highest BCUT2D eigenvalue weighted by Crippen LogP contribution is 2.12. The Morgan fingerprint density at radius 1 is 0.655 bits per heavy atom. The molecule has 0 radical (unpaired) electrons. The monoisotopic (exact) mass is 823 g/mol. The molecular weight excluding hydrogens is 762 g/mol. The van der Waals surface area contributed by atoms with Crippen molar-refractivity contribution in [1.29, 1.82) is 0 Å². The summed E-state index contributed by atoms with van der Waals surface area (Å²) in [4.78, 5) is 102. The van der Waals surface area contributed by atoms with Crippen LogP contribution in [0.3, 0.4) is 0 Å². The quantitative estimate of drug-likeness (QED) is 0.0376. The largest absolute Gasteiger partial charge is 0.508 e. The summed E-state index contributed by atoms with van der Waals surface area (Å²) in [6.45, 7) is 4.79. The highest BCUT2D eigenvalue weighted by Gasteiger charge is 2.35. The van der Waals surface area contributed by atoms with Gasteiger partial charge in [0.2, 0.25) is 35.4 Å². The number of amides is 6. The molecule has 1 aromatic rings. The summed E-state index contributed by atoms with van der Waals surface area (Å²) >= 11 is 0. The maximum Gasteiger partial charge on any atom is 0.326 e. The summed E-state index contributed by atoms with van der Waals surface area (Å²) in [6.07, 6.45) is -0.884. The number of nitrogens with one attached hydrogen (secondary N) is 6. The van der Waals surface area contributed by atoms with Crippen molar-refractivity contribution < 1.29 is 58.8 Å². The molecule has 0 heterocycles. The topological polar surface area (TPSA) is 368 Å². The fourth-order valence-electron chi connectivity index (χ4n) is 5.55. The average Bonchev–Trinajstić information content (AvgIpc) is 3.14. The van der Waals surface area contributed by atoms with Crippen molar-refractivity contribution in [1.82, 2.24) is 31.9 Å². The highest BCUT2D eigenvalue weighted by atomic mass is 16.4. The van der Waals surface area contributed by atoms with Gasteiger partial charge in [0.15, 0.2) is 0 Å². The van der Waals surface area contributed by atoms with Crippen LogP contribution in [0.4, 0.5) is 0 Å². The molecule has 1 unspecified atom stereocenters. The zero-order valence-corrected chi connectivity index (χ0v) is 33.2. The molecule has 1 aromatic carbocycles. The standard InChI is InChI=1S/C37H61N9O12/c1-20(2)30(37(57)58)45-35(55)27(19-29(50)51)44-36(56)31(21(3)47)46-34(54)26(9-5-7-17-41-28(49)14-16-39)43-33(53)25(8-4-6-15-38)42-32(52)24(40)18-22-10-12-23(48)13-11-22/h10-13,20-21,24-27,30-31,47-48H,4-9,14-19,38-40H2,1-3H3,(H,41,49)(H,42,52)(H,43,53)(H,44,56)(H,45,55)(H,46,54)(H,50,51)(H,57,58)/t21-,24-,25-,26-,27-,30-,31?/m0/s1. The van der Waals surface area contributed by atoms with E-state index < -0.39 is 96.2 Å². The average molecular weight is 824 g/mol. The van der Waals surface area contributed by atoms with Gasteiger partial charge in [-0.2, -0.15) is 0 Å². The second-order valence-electron chi connectivity index (χ2n) is 14.2. The van der Waals surface area contributed by atoms with Crippen LogP contribution in [0.5, 0.6) is 5.75 Å². The minimum Gasteiger partial charge on any atom is -0.508 e. The Balaban J connectivity index is 3.31. The zero-order chi connectivity index (χ0) is 43.9. The number of aliphatic hydroxyl groups excluding tert-OH is 1. The fourth-order valence-corrected chi connectivity index (χ4v) is 5.55. The molecule has 0 fully saturated rings. The molecule has 16 N–H and O–H groups in total. The molecule has 0 saturated carbocycles. The van der Waals surface area contributed by atoms with Crippen LogP contribution in [0.15, 0.2) is 24.3 Å². The van der Waals surface area contributed by atoms with Crippen LogP contribution in [0.1, 0.15) is 77.7 Å². The maximum atomic E-state index is 13.8. The van der Waals surface area contributed by atoms with Crippen molar-refractivity contribution in [2.75, 3.05) is 19.6 Å². The van der Waals surface area contributed by atoms with Gasteiger partial charge in [0.05, 0.1) is 18.6 Å². The minimum atomic E-state index is -1.81. The smallest absolute Gasteiger partial charge is 0.326 e. The number of aliphatic carboxylic acids is 2. The van der Waals surface area contributed by atoms with Gasteiger partial charge in [-0.1, -0.05) is 26.0 Å². The van der Waals surface area contributed by atoms with Crippen molar-refractivity contribution in [2.45, 2.75) is 121 Å². The van der Waals surface area contributed by atoms with Crippen LogP contribution < -0.4 is 49.1 Å². The molecule has 0 spiro atoms. The van der Waals surface area contributed by atoms with E-state index in [9.17, 15) is 58.8 Å². The lowest BCUT2D eigenvalue weighted by atomic mass is 10.0. The van der Waals surface area contributed by atoms with E-state index in [1.54, 1.807) is 12.1 Å². The van der Waals surface area contributed by atoms with Gasteiger partial charge in [-0.3, -0.25) is 33.6 Å². The number of phenolic OH excluding ortho intramolecular Hbond substituents is 1. The van der Waals surface area contributed by atoms with Gasteiger partial charge < -0.3 is 69.5 Å². The van der Waals surface area contributed by atoms with E-state index in [0.29, 0.717) is 31.4 Å². The maximum absolute atomic E-state index is 13.8. The number of nitrogens with two attached hydrogens (primary N) is 3. The minimum absolute atomic E-state index is 0.0244. The summed E-state index contributed by atoms with van der Waals surface area (Å²) in [5.41, 5.74) is 17.8. The number of aliphatic hydroxyl groups is 1. The lowest BCUT2D eigenvalue weighted by molar-refractivity contribution is -0.144. The van der Waals surface area contributed by atoms with Crippen LogP contribution in [0.25, 0.3) is 0 Å². The summed E-state index contributed by atoms with van der Waals surface area (Å²) in [6, 6.07) is -2.67. The zero-order valence-electron chi connectivity index (χ0n) is 33.2. The van der Waals surface area contributed by atoms with Gasteiger partial charge in [0, 0.05) is 19.5 Å². The number of unbranched alkanes of at least 4 members (excludes halogenated alkanes) is 2. The number of carboxylic acids is 2.